The molecule has 1 aliphatic heterocycles. The van der Waals surface area contributed by atoms with Crippen LogP contribution in [0.2, 0.25) is 0 Å². The van der Waals surface area contributed by atoms with Crippen molar-refractivity contribution in [1.29, 1.82) is 0 Å². The lowest BCUT2D eigenvalue weighted by atomic mass is 10.1. The van der Waals surface area contributed by atoms with Crippen molar-refractivity contribution in [3.05, 3.63) is 30.1 Å². The molecule has 2 rings (SSSR count). The van der Waals surface area contributed by atoms with Gasteiger partial charge < -0.3 is 10.6 Å². The maximum Gasteiger partial charge on any atom is 0.214 e. The first-order valence-corrected chi connectivity index (χ1v) is 11.9. The molecule has 2 N–H and O–H groups in total. The van der Waals surface area contributed by atoms with E-state index < -0.39 is 10.0 Å². The van der Waals surface area contributed by atoms with E-state index in [1.54, 1.807) is 23.5 Å². The van der Waals surface area contributed by atoms with Crippen molar-refractivity contribution in [3.63, 3.8) is 0 Å². The highest BCUT2D eigenvalue weighted by atomic mass is 32.2. The molecular weight excluding hydrogens is 387 g/mol. The zero-order chi connectivity index (χ0) is 19.7. The van der Waals surface area contributed by atoms with Crippen LogP contribution in [0.3, 0.4) is 0 Å². The van der Waals surface area contributed by atoms with Crippen molar-refractivity contribution in [2.24, 2.45) is 4.99 Å². The van der Waals surface area contributed by atoms with Gasteiger partial charge in [-0.2, -0.15) is 0 Å². The molecule has 0 spiro atoms. The Balaban J connectivity index is 1.71. The van der Waals surface area contributed by atoms with Crippen molar-refractivity contribution < 1.29 is 12.8 Å². The van der Waals surface area contributed by atoms with Gasteiger partial charge in [0.15, 0.2) is 5.96 Å². The first-order chi connectivity index (χ1) is 13.0. The fraction of sp³-hybridized carbons (Fsp3) is 0.611. The van der Waals surface area contributed by atoms with Crippen LogP contribution >= 0.6 is 11.8 Å². The molecule has 1 aromatic carbocycles. The first kappa shape index (κ1) is 22.0. The second-order valence-electron chi connectivity index (χ2n) is 6.41. The smallest absolute Gasteiger partial charge is 0.214 e. The van der Waals surface area contributed by atoms with Crippen LogP contribution in [-0.4, -0.2) is 62.9 Å². The van der Waals surface area contributed by atoms with Crippen LogP contribution in [0.15, 0.2) is 34.2 Å². The van der Waals surface area contributed by atoms with Gasteiger partial charge in [0, 0.05) is 43.4 Å². The van der Waals surface area contributed by atoms with Crippen LogP contribution in [0, 0.1) is 5.82 Å². The first-order valence-electron chi connectivity index (χ1n) is 9.28. The molecule has 1 saturated heterocycles. The summed E-state index contributed by atoms with van der Waals surface area (Å²) in [4.78, 5) is 4.86. The van der Waals surface area contributed by atoms with Crippen molar-refractivity contribution in [2.75, 3.05) is 38.2 Å². The molecule has 0 aliphatic carbocycles. The lowest BCUT2D eigenvalue weighted by molar-refractivity contribution is 0.306. The zero-order valence-electron chi connectivity index (χ0n) is 15.9. The Kier molecular flexibility index (Phi) is 8.85. The van der Waals surface area contributed by atoms with Crippen LogP contribution in [0.25, 0.3) is 0 Å². The minimum atomic E-state index is -3.11. The number of nitrogens with one attached hydrogen (secondary N) is 2. The van der Waals surface area contributed by atoms with Crippen molar-refractivity contribution >= 4 is 27.7 Å². The summed E-state index contributed by atoms with van der Waals surface area (Å²) < 4.78 is 39.4. The van der Waals surface area contributed by atoms with Crippen LogP contribution in [-0.2, 0) is 10.0 Å². The molecule has 152 valence electrons. The Morgan fingerprint density at radius 3 is 2.67 bits per heavy atom. The number of sulfonamides is 1. The normalized spacial score (nSPS) is 17.1. The average Bonchev–Trinajstić information content (AvgIpc) is 2.66. The molecule has 0 amide bonds. The minimum absolute atomic E-state index is 0.198. The lowest BCUT2D eigenvalue weighted by Gasteiger charge is -2.32. The molecular formula is C18H29FN4O2S2. The van der Waals surface area contributed by atoms with E-state index in [2.05, 4.69) is 15.6 Å². The highest BCUT2D eigenvalue weighted by Crippen LogP contribution is 2.20. The number of aliphatic imine (C=N–C) groups is 1. The Hall–Kier alpha value is -1.32. The second kappa shape index (κ2) is 10.9. The van der Waals surface area contributed by atoms with Crippen LogP contribution in [0.1, 0.15) is 26.2 Å². The molecule has 1 aromatic rings. The molecule has 9 heteroatoms. The average molecular weight is 417 g/mol. The number of hydrogen-bond acceptors (Lipinski definition) is 4. The highest BCUT2D eigenvalue weighted by Gasteiger charge is 2.27. The number of thioether (sulfide) groups is 1. The Labute approximate surface area is 166 Å². The van der Waals surface area contributed by atoms with E-state index in [1.165, 1.54) is 17.8 Å². The summed E-state index contributed by atoms with van der Waals surface area (Å²) >= 11 is 1.46. The molecule has 0 saturated carbocycles. The van der Waals surface area contributed by atoms with E-state index in [-0.39, 0.29) is 17.6 Å². The Morgan fingerprint density at radius 1 is 1.33 bits per heavy atom. The predicted octanol–water partition coefficient (Wildman–Crippen LogP) is 2.29. The topological polar surface area (TPSA) is 73.8 Å². The Bertz CT molecular complexity index is 720. The van der Waals surface area contributed by atoms with E-state index in [0.29, 0.717) is 36.9 Å². The molecule has 6 nitrogen and oxygen atoms in total. The van der Waals surface area contributed by atoms with Gasteiger partial charge in [-0.25, -0.2) is 17.1 Å². The lowest BCUT2D eigenvalue weighted by Crippen LogP contribution is -2.50. The van der Waals surface area contributed by atoms with E-state index in [0.717, 1.165) is 18.6 Å². The van der Waals surface area contributed by atoms with E-state index in [1.807, 2.05) is 13.0 Å². The molecule has 27 heavy (non-hydrogen) atoms. The van der Waals surface area contributed by atoms with Crippen molar-refractivity contribution in [2.45, 2.75) is 37.1 Å². The third-order valence-corrected chi connectivity index (χ3v) is 7.49. The summed E-state index contributed by atoms with van der Waals surface area (Å²) in [5.74, 6) is 1.43. The van der Waals surface area contributed by atoms with Gasteiger partial charge in [-0.05, 0) is 31.4 Å². The highest BCUT2D eigenvalue weighted by molar-refractivity contribution is 7.99. The number of benzene rings is 1. The van der Waals surface area contributed by atoms with Gasteiger partial charge in [0.2, 0.25) is 10.0 Å². The van der Waals surface area contributed by atoms with Gasteiger partial charge in [0.1, 0.15) is 5.82 Å². The van der Waals surface area contributed by atoms with Crippen LogP contribution in [0.5, 0.6) is 0 Å². The number of hydrogen-bond donors (Lipinski definition) is 2. The molecule has 1 fully saturated rings. The number of guanidine groups is 1. The fourth-order valence-electron chi connectivity index (χ4n) is 2.95. The van der Waals surface area contributed by atoms with E-state index >= 15 is 0 Å². The fourth-order valence-corrected chi connectivity index (χ4v) is 5.29. The summed E-state index contributed by atoms with van der Waals surface area (Å²) in [6, 6.07) is 6.94. The molecule has 0 atom stereocenters. The maximum atomic E-state index is 13.6. The summed E-state index contributed by atoms with van der Waals surface area (Å²) in [5, 5.41) is 6.59. The van der Waals surface area contributed by atoms with E-state index in [9.17, 15) is 12.8 Å². The standard InChI is InChI=1S/C18H29FN4O2S2/c1-3-14-27(24,25)23-11-8-15(9-12-23)22-18(20-2)21-10-13-26-17-7-5-4-6-16(17)19/h4-7,15H,3,8-14H2,1-2H3,(H2,20,21,22). The molecule has 0 radical (unpaired) electrons. The van der Waals surface area contributed by atoms with Crippen molar-refractivity contribution in [1.82, 2.24) is 14.9 Å². The maximum absolute atomic E-state index is 13.6. The van der Waals surface area contributed by atoms with Gasteiger partial charge in [0.25, 0.3) is 0 Å². The summed E-state index contributed by atoms with van der Waals surface area (Å²) in [6.45, 7) is 3.62. The summed E-state index contributed by atoms with van der Waals surface area (Å²) in [7, 11) is -1.40. The van der Waals surface area contributed by atoms with Crippen LogP contribution in [0.4, 0.5) is 4.39 Å². The monoisotopic (exact) mass is 416 g/mol. The van der Waals surface area contributed by atoms with Gasteiger partial charge >= 0.3 is 0 Å². The summed E-state index contributed by atoms with van der Waals surface area (Å²) in [5.41, 5.74) is 0. The quantitative estimate of drug-likeness (QED) is 0.294. The second-order valence-corrected chi connectivity index (χ2v) is 9.64. The number of halogens is 1. The number of piperidine rings is 1. The Morgan fingerprint density at radius 2 is 2.04 bits per heavy atom. The van der Waals surface area contributed by atoms with Crippen molar-refractivity contribution in [3.8, 4) is 0 Å². The number of rotatable bonds is 8. The van der Waals surface area contributed by atoms with Crippen LogP contribution < -0.4 is 10.6 Å². The molecule has 0 unspecified atom stereocenters. The van der Waals surface area contributed by atoms with Gasteiger partial charge in [0.05, 0.1) is 5.75 Å². The van der Waals surface area contributed by atoms with Gasteiger partial charge in [-0.3, -0.25) is 4.99 Å². The molecule has 0 bridgehead atoms. The molecule has 0 aromatic heterocycles. The third kappa shape index (κ3) is 6.97. The predicted molar refractivity (Wildman–Crippen MR) is 110 cm³/mol. The number of nitrogens with zero attached hydrogens (tertiary/aromatic N) is 2. The SMILES string of the molecule is CCCS(=O)(=O)N1CCC(NC(=NC)NCCSc2ccccc2F)CC1. The third-order valence-electron chi connectivity index (χ3n) is 4.36. The zero-order valence-corrected chi connectivity index (χ0v) is 17.6. The largest absolute Gasteiger partial charge is 0.356 e. The van der Waals surface area contributed by atoms with Gasteiger partial charge in [-0.15, -0.1) is 11.8 Å². The van der Waals surface area contributed by atoms with E-state index in [4.69, 9.17) is 0 Å². The van der Waals surface area contributed by atoms with Gasteiger partial charge in [-0.1, -0.05) is 19.1 Å². The summed E-state index contributed by atoms with van der Waals surface area (Å²) in [6.07, 6.45) is 2.16. The molecule has 1 heterocycles. The molecule has 1 aliphatic rings. The minimum Gasteiger partial charge on any atom is -0.356 e.